The summed E-state index contributed by atoms with van der Waals surface area (Å²) in [5, 5.41) is 10.5. The molecule has 6 heteroatoms. The third-order valence-electron chi connectivity index (χ3n) is 4.27. The van der Waals surface area contributed by atoms with E-state index >= 15 is 0 Å². The zero-order valence-corrected chi connectivity index (χ0v) is 14.2. The molecule has 1 N–H and O–H groups in total. The van der Waals surface area contributed by atoms with Crippen molar-refractivity contribution < 1.29 is 24.1 Å². The van der Waals surface area contributed by atoms with Crippen LogP contribution in [0.2, 0.25) is 0 Å². The molecule has 1 aliphatic rings. The SMILES string of the molecule is COc1ccc(CCN2C(=O)OC(c3ccccc3)C2O)cc1OC. The van der Waals surface area contributed by atoms with Gasteiger partial charge in [0.05, 0.1) is 14.2 Å². The highest BCUT2D eigenvalue weighted by atomic mass is 16.6. The first-order valence-electron chi connectivity index (χ1n) is 8.05. The van der Waals surface area contributed by atoms with E-state index in [1.165, 1.54) is 4.90 Å². The van der Waals surface area contributed by atoms with Crippen LogP contribution in [0.15, 0.2) is 48.5 Å². The molecule has 0 aliphatic carbocycles. The van der Waals surface area contributed by atoms with Crippen LogP contribution >= 0.6 is 0 Å². The zero-order chi connectivity index (χ0) is 17.8. The predicted molar refractivity (Wildman–Crippen MR) is 91.6 cm³/mol. The second-order valence-corrected chi connectivity index (χ2v) is 5.76. The Bertz CT molecular complexity index is 734. The summed E-state index contributed by atoms with van der Waals surface area (Å²) in [7, 11) is 3.16. The van der Waals surface area contributed by atoms with Gasteiger partial charge in [-0.05, 0) is 29.7 Å². The first kappa shape index (κ1) is 17.1. The second kappa shape index (κ2) is 7.44. The fourth-order valence-corrected chi connectivity index (χ4v) is 2.90. The number of amides is 1. The van der Waals surface area contributed by atoms with Crippen LogP contribution in [0, 0.1) is 0 Å². The summed E-state index contributed by atoms with van der Waals surface area (Å²) in [6.07, 6.45) is -1.62. The van der Waals surface area contributed by atoms with Gasteiger partial charge in [0, 0.05) is 6.54 Å². The van der Waals surface area contributed by atoms with Crippen LogP contribution in [0.3, 0.4) is 0 Å². The Morgan fingerprint density at radius 1 is 1.08 bits per heavy atom. The fraction of sp³-hybridized carbons (Fsp3) is 0.316. The van der Waals surface area contributed by atoms with E-state index in [0.717, 1.165) is 11.1 Å². The first-order valence-corrected chi connectivity index (χ1v) is 8.05. The molecule has 2 atom stereocenters. The molecule has 2 aromatic carbocycles. The molecule has 0 spiro atoms. The minimum Gasteiger partial charge on any atom is -0.493 e. The smallest absolute Gasteiger partial charge is 0.412 e. The number of cyclic esters (lactones) is 1. The van der Waals surface area contributed by atoms with Gasteiger partial charge in [-0.15, -0.1) is 0 Å². The molecule has 2 unspecified atom stereocenters. The number of benzene rings is 2. The first-order chi connectivity index (χ1) is 12.1. The van der Waals surface area contributed by atoms with Gasteiger partial charge in [-0.1, -0.05) is 36.4 Å². The molecule has 1 aliphatic heterocycles. The highest BCUT2D eigenvalue weighted by Crippen LogP contribution is 2.32. The van der Waals surface area contributed by atoms with Gasteiger partial charge in [0.25, 0.3) is 0 Å². The number of aliphatic hydroxyl groups is 1. The summed E-state index contributed by atoms with van der Waals surface area (Å²) in [5.41, 5.74) is 1.75. The number of methoxy groups -OCH3 is 2. The molecule has 3 rings (SSSR count). The molecule has 2 aromatic rings. The van der Waals surface area contributed by atoms with E-state index in [-0.39, 0.29) is 0 Å². The van der Waals surface area contributed by atoms with Crippen molar-refractivity contribution in [2.75, 3.05) is 20.8 Å². The third-order valence-corrected chi connectivity index (χ3v) is 4.27. The topological polar surface area (TPSA) is 68.2 Å². The van der Waals surface area contributed by atoms with Crippen molar-refractivity contribution in [2.24, 2.45) is 0 Å². The van der Waals surface area contributed by atoms with Crippen LogP contribution in [0.25, 0.3) is 0 Å². The van der Waals surface area contributed by atoms with E-state index in [9.17, 15) is 9.90 Å². The van der Waals surface area contributed by atoms with E-state index in [2.05, 4.69) is 0 Å². The molecule has 0 radical (unpaired) electrons. The van der Waals surface area contributed by atoms with Gasteiger partial charge in [-0.2, -0.15) is 0 Å². The maximum Gasteiger partial charge on any atom is 0.412 e. The van der Waals surface area contributed by atoms with Crippen molar-refractivity contribution >= 4 is 6.09 Å². The lowest BCUT2D eigenvalue weighted by atomic mass is 10.1. The molecule has 1 heterocycles. The van der Waals surface area contributed by atoms with Crippen molar-refractivity contribution in [1.29, 1.82) is 0 Å². The molecular formula is C19H21NO5. The van der Waals surface area contributed by atoms with E-state index in [1.807, 2.05) is 48.5 Å². The lowest BCUT2D eigenvalue weighted by molar-refractivity contribution is 0.0138. The molecule has 0 bridgehead atoms. The van der Waals surface area contributed by atoms with Crippen LogP contribution in [0.4, 0.5) is 4.79 Å². The standard InChI is InChI=1S/C19H21NO5/c1-23-15-9-8-13(12-16(15)24-2)10-11-20-18(21)17(25-19(20)22)14-6-4-3-5-7-14/h3-9,12,17-18,21H,10-11H2,1-2H3. The highest BCUT2D eigenvalue weighted by molar-refractivity contribution is 5.70. The van der Waals surface area contributed by atoms with E-state index in [1.54, 1.807) is 14.2 Å². The maximum absolute atomic E-state index is 12.1. The lowest BCUT2D eigenvalue weighted by Gasteiger charge is -2.20. The van der Waals surface area contributed by atoms with Crippen LogP contribution in [-0.4, -0.2) is 43.1 Å². The maximum atomic E-state index is 12.1. The quantitative estimate of drug-likeness (QED) is 0.873. The van der Waals surface area contributed by atoms with Crippen LogP contribution in [-0.2, 0) is 11.2 Å². The monoisotopic (exact) mass is 343 g/mol. The van der Waals surface area contributed by atoms with Gasteiger partial charge in [0.15, 0.2) is 23.8 Å². The number of carbonyl (C=O) groups excluding carboxylic acids is 1. The van der Waals surface area contributed by atoms with Crippen LogP contribution < -0.4 is 9.47 Å². The van der Waals surface area contributed by atoms with E-state index in [4.69, 9.17) is 14.2 Å². The molecule has 6 nitrogen and oxygen atoms in total. The van der Waals surface area contributed by atoms with Crippen molar-refractivity contribution in [3.8, 4) is 11.5 Å². The van der Waals surface area contributed by atoms with Gasteiger partial charge in [0.1, 0.15) is 0 Å². The Balaban J connectivity index is 1.68. The largest absolute Gasteiger partial charge is 0.493 e. The molecule has 1 fully saturated rings. The Hall–Kier alpha value is -2.73. The second-order valence-electron chi connectivity index (χ2n) is 5.76. The normalized spacial score (nSPS) is 19.6. The number of rotatable bonds is 6. The number of ether oxygens (including phenoxy) is 3. The van der Waals surface area contributed by atoms with Crippen molar-refractivity contribution in [2.45, 2.75) is 18.8 Å². The summed E-state index contributed by atoms with van der Waals surface area (Å²) < 4.78 is 15.8. The number of nitrogens with zero attached hydrogens (tertiary/aromatic N) is 1. The van der Waals surface area contributed by atoms with Gasteiger partial charge >= 0.3 is 6.09 Å². The van der Waals surface area contributed by atoms with Gasteiger partial charge in [0.2, 0.25) is 0 Å². The molecule has 0 aromatic heterocycles. The molecule has 1 amide bonds. The summed E-state index contributed by atoms with van der Waals surface area (Å²) in [4.78, 5) is 13.5. The Morgan fingerprint density at radius 2 is 1.80 bits per heavy atom. The van der Waals surface area contributed by atoms with Crippen LogP contribution in [0.5, 0.6) is 11.5 Å². The van der Waals surface area contributed by atoms with Gasteiger partial charge < -0.3 is 19.3 Å². The molecule has 1 saturated heterocycles. The summed E-state index contributed by atoms with van der Waals surface area (Å²) >= 11 is 0. The van der Waals surface area contributed by atoms with Crippen molar-refractivity contribution in [3.05, 3.63) is 59.7 Å². The lowest BCUT2D eigenvalue weighted by Crippen LogP contribution is -2.35. The number of aliphatic hydroxyl groups excluding tert-OH is 1. The molecule has 132 valence electrons. The number of hydrogen-bond acceptors (Lipinski definition) is 5. The zero-order valence-electron chi connectivity index (χ0n) is 14.2. The fourth-order valence-electron chi connectivity index (χ4n) is 2.90. The summed E-state index contributed by atoms with van der Waals surface area (Å²) in [5.74, 6) is 1.28. The Labute approximate surface area is 146 Å². The Kier molecular flexibility index (Phi) is 5.09. The average molecular weight is 343 g/mol. The summed E-state index contributed by atoms with van der Waals surface area (Å²) in [6.45, 7) is 0.346. The Morgan fingerprint density at radius 3 is 2.48 bits per heavy atom. The molecule has 0 saturated carbocycles. The number of hydrogen-bond donors (Lipinski definition) is 1. The third kappa shape index (κ3) is 3.53. The highest BCUT2D eigenvalue weighted by Gasteiger charge is 2.41. The minimum atomic E-state index is -1.00. The summed E-state index contributed by atoms with van der Waals surface area (Å²) in [6, 6.07) is 14.8. The van der Waals surface area contributed by atoms with Gasteiger partial charge in [-0.25, -0.2) is 4.79 Å². The molecule has 25 heavy (non-hydrogen) atoms. The average Bonchev–Trinajstić information content (AvgIpc) is 2.94. The minimum absolute atomic E-state index is 0.346. The number of carbonyl (C=O) groups is 1. The van der Waals surface area contributed by atoms with Gasteiger partial charge in [-0.3, -0.25) is 4.90 Å². The van der Waals surface area contributed by atoms with E-state index in [0.29, 0.717) is 24.5 Å². The van der Waals surface area contributed by atoms with Crippen LogP contribution in [0.1, 0.15) is 17.2 Å². The van der Waals surface area contributed by atoms with Crippen molar-refractivity contribution in [3.63, 3.8) is 0 Å². The predicted octanol–water partition coefficient (Wildman–Crippen LogP) is 2.76. The molecular weight excluding hydrogens is 322 g/mol. The van der Waals surface area contributed by atoms with E-state index < -0.39 is 18.4 Å². The van der Waals surface area contributed by atoms with Crippen molar-refractivity contribution in [1.82, 2.24) is 4.90 Å².